The zero-order valence-corrected chi connectivity index (χ0v) is 9.90. The molecule has 5 nitrogen and oxygen atoms in total. The van der Waals surface area contributed by atoms with E-state index in [-0.39, 0.29) is 6.10 Å². The molecule has 1 aliphatic rings. The highest BCUT2D eigenvalue weighted by molar-refractivity contribution is 4.82. The minimum absolute atomic E-state index is 0.269. The maximum absolute atomic E-state index is 5.83. The fraction of sp³-hybridized carbons (Fsp3) is 0.818. The van der Waals surface area contributed by atoms with E-state index in [2.05, 4.69) is 15.5 Å². The van der Waals surface area contributed by atoms with Crippen LogP contribution < -0.4 is 5.32 Å². The first kappa shape index (κ1) is 11.5. The van der Waals surface area contributed by atoms with E-state index in [1.165, 1.54) is 19.3 Å². The first-order chi connectivity index (χ1) is 7.79. The van der Waals surface area contributed by atoms with Crippen molar-refractivity contribution in [2.75, 3.05) is 7.05 Å². The molecule has 1 fully saturated rings. The fourth-order valence-corrected chi connectivity index (χ4v) is 2.20. The van der Waals surface area contributed by atoms with Gasteiger partial charge in [-0.3, -0.25) is 0 Å². The van der Waals surface area contributed by atoms with Crippen molar-refractivity contribution in [1.29, 1.82) is 0 Å². The molecular weight excluding hydrogens is 206 g/mol. The highest BCUT2D eigenvalue weighted by atomic mass is 16.5. The predicted octanol–water partition coefficient (Wildman–Crippen LogP) is 1.43. The molecule has 0 bridgehead atoms. The zero-order valence-electron chi connectivity index (χ0n) is 9.90. The van der Waals surface area contributed by atoms with Crippen LogP contribution in [0.1, 0.15) is 37.5 Å². The molecule has 0 aliphatic heterocycles. The Bertz CT molecular complexity index is 327. The van der Waals surface area contributed by atoms with Crippen molar-refractivity contribution in [1.82, 2.24) is 15.5 Å². The van der Waals surface area contributed by atoms with E-state index in [4.69, 9.17) is 9.15 Å². The average molecular weight is 225 g/mol. The average Bonchev–Trinajstić information content (AvgIpc) is 2.73. The third-order valence-electron chi connectivity index (χ3n) is 3.06. The minimum Gasteiger partial charge on any atom is -0.423 e. The molecule has 0 radical (unpaired) electrons. The molecule has 2 atom stereocenters. The molecule has 2 rings (SSSR count). The van der Waals surface area contributed by atoms with Gasteiger partial charge in [0.25, 0.3) is 0 Å². The molecule has 5 heteroatoms. The molecule has 16 heavy (non-hydrogen) atoms. The first-order valence-electron chi connectivity index (χ1n) is 5.87. The number of aryl methyl sites for hydroxylation is 1. The van der Waals surface area contributed by atoms with Crippen LogP contribution in [0.15, 0.2) is 4.42 Å². The van der Waals surface area contributed by atoms with Crippen LogP contribution in [-0.2, 0) is 11.3 Å². The zero-order chi connectivity index (χ0) is 11.4. The Labute approximate surface area is 95.6 Å². The lowest BCUT2D eigenvalue weighted by atomic mass is 9.92. The van der Waals surface area contributed by atoms with Crippen molar-refractivity contribution in [3.8, 4) is 0 Å². The van der Waals surface area contributed by atoms with Gasteiger partial charge >= 0.3 is 0 Å². The SMILES string of the molecule is CNC1CCCCC1OCc1nnc(C)o1. The second-order valence-corrected chi connectivity index (χ2v) is 4.24. The molecule has 1 aromatic heterocycles. The Morgan fingerprint density at radius 2 is 2.19 bits per heavy atom. The van der Waals surface area contributed by atoms with E-state index in [0.29, 0.717) is 24.4 Å². The van der Waals surface area contributed by atoms with E-state index >= 15 is 0 Å². The summed E-state index contributed by atoms with van der Waals surface area (Å²) in [6.07, 6.45) is 5.09. The molecule has 0 saturated heterocycles. The topological polar surface area (TPSA) is 60.2 Å². The van der Waals surface area contributed by atoms with Crippen LogP contribution in [0.2, 0.25) is 0 Å². The molecule has 2 unspecified atom stereocenters. The third kappa shape index (κ3) is 2.80. The maximum atomic E-state index is 5.83. The molecule has 90 valence electrons. The Kier molecular flexibility index (Phi) is 3.90. The highest BCUT2D eigenvalue weighted by Crippen LogP contribution is 2.21. The number of likely N-dealkylation sites (N-methyl/N-ethyl adjacent to an activating group) is 1. The summed E-state index contributed by atoms with van der Waals surface area (Å²) >= 11 is 0. The van der Waals surface area contributed by atoms with Crippen LogP contribution in [0.3, 0.4) is 0 Å². The van der Waals surface area contributed by atoms with Crippen molar-refractivity contribution in [3.05, 3.63) is 11.8 Å². The molecular formula is C11H19N3O2. The second kappa shape index (κ2) is 5.41. The van der Waals surface area contributed by atoms with Crippen LogP contribution in [0, 0.1) is 6.92 Å². The van der Waals surface area contributed by atoms with E-state index in [0.717, 1.165) is 6.42 Å². The number of nitrogens with zero attached hydrogens (tertiary/aromatic N) is 2. The van der Waals surface area contributed by atoms with Crippen LogP contribution >= 0.6 is 0 Å². The summed E-state index contributed by atoms with van der Waals surface area (Å²) in [6, 6.07) is 0.456. The molecule has 1 aromatic rings. The van der Waals surface area contributed by atoms with Gasteiger partial charge in [-0.05, 0) is 19.9 Å². The normalized spacial score (nSPS) is 25.9. The highest BCUT2D eigenvalue weighted by Gasteiger charge is 2.24. The van der Waals surface area contributed by atoms with Gasteiger partial charge in [0, 0.05) is 13.0 Å². The summed E-state index contributed by atoms with van der Waals surface area (Å²) in [5.41, 5.74) is 0. The third-order valence-corrected chi connectivity index (χ3v) is 3.06. The van der Waals surface area contributed by atoms with Gasteiger partial charge < -0.3 is 14.5 Å². The quantitative estimate of drug-likeness (QED) is 0.839. The molecule has 1 saturated carbocycles. The number of hydrogen-bond acceptors (Lipinski definition) is 5. The fourth-order valence-electron chi connectivity index (χ4n) is 2.20. The van der Waals surface area contributed by atoms with Gasteiger partial charge in [0.05, 0.1) is 6.10 Å². The van der Waals surface area contributed by atoms with Crippen molar-refractivity contribution < 1.29 is 9.15 Å². The van der Waals surface area contributed by atoms with Gasteiger partial charge in [-0.1, -0.05) is 12.8 Å². The van der Waals surface area contributed by atoms with Gasteiger partial charge in [-0.2, -0.15) is 0 Å². The molecule has 0 amide bonds. The molecule has 1 heterocycles. The molecule has 1 N–H and O–H groups in total. The summed E-state index contributed by atoms with van der Waals surface area (Å²) in [5.74, 6) is 1.16. The minimum atomic E-state index is 0.269. The summed E-state index contributed by atoms with van der Waals surface area (Å²) in [7, 11) is 1.99. The monoisotopic (exact) mass is 225 g/mol. The molecule has 1 aliphatic carbocycles. The number of hydrogen-bond donors (Lipinski definition) is 1. The van der Waals surface area contributed by atoms with E-state index in [1.54, 1.807) is 6.92 Å². The molecule has 0 spiro atoms. The number of ether oxygens (including phenoxy) is 1. The van der Waals surface area contributed by atoms with Gasteiger partial charge in [0.15, 0.2) is 0 Å². The van der Waals surface area contributed by atoms with Crippen LogP contribution in [0.4, 0.5) is 0 Å². The lowest BCUT2D eigenvalue weighted by molar-refractivity contribution is -0.0126. The van der Waals surface area contributed by atoms with E-state index in [9.17, 15) is 0 Å². The van der Waals surface area contributed by atoms with Crippen molar-refractivity contribution in [3.63, 3.8) is 0 Å². The van der Waals surface area contributed by atoms with E-state index in [1.807, 2.05) is 7.05 Å². The van der Waals surface area contributed by atoms with Crippen molar-refractivity contribution in [2.24, 2.45) is 0 Å². The maximum Gasteiger partial charge on any atom is 0.242 e. The second-order valence-electron chi connectivity index (χ2n) is 4.24. The Balaban J connectivity index is 1.84. The van der Waals surface area contributed by atoms with Gasteiger partial charge in [0.1, 0.15) is 6.61 Å². The predicted molar refractivity (Wildman–Crippen MR) is 58.9 cm³/mol. The molecule has 0 aromatic carbocycles. The Hall–Kier alpha value is -0.940. The summed E-state index contributed by atoms with van der Waals surface area (Å²) in [5, 5.41) is 11.0. The smallest absolute Gasteiger partial charge is 0.242 e. The summed E-state index contributed by atoms with van der Waals surface area (Å²) < 4.78 is 11.1. The van der Waals surface area contributed by atoms with Gasteiger partial charge in [-0.15, -0.1) is 10.2 Å². The lowest BCUT2D eigenvalue weighted by Gasteiger charge is -2.30. The summed E-state index contributed by atoms with van der Waals surface area (Å²) in [4.78, 5) is 0. The van der Waals surface area contributed by atoms with E-state index < -0.39 is 0 Å². The van der Waals surface area contributed by atoms with Crippen molar-refractivity contribution >= 4 is 0 Å². The number of nitrogens with one attached hydrogen (secondary N) is 1. The van der Waals surface area contributed by atoms with Crippen LogP contribution in [-0.4, -0.2) is 29.4 Å². The standard InChI is InChI=1S/C11H19N3O2/c1-8-13-14-11(16-8)7-15-10-6-4-3-5-9(10)12-2/h9-10,12H,3-7H2,1-2H3. The summed E-state index contributed by atoms with van der Waals surface area (Å²) in [6.45, 7) is 2.21. The Morgan fingerprint density at radius 3 is 2.88 bits per heavy atom. The first-order valence-corrected chi connectivity index (χ1v) is 5.87. The van der Waals surface area contributed by atoms with Gasteiger partial charge in [-0.25, -0.2) is 0 Å². The Morgan fingerprint density at radius 1 is 1.38 bits per heavy atom. The largest absolute Gasteiger partial charge is 0.423 e. The van der Waals surface area contributed by atoms with Gasteiger partial charge in [0.2, 0.25) is 11.8 Å². The van der Waals surface area contributed by atoms with Crippen LogP contribution in [0.5, 0.6) is 0 Å². The number of aromatic nitrogens is 2. The lowest BCUT2D eigenvalue weighted by Crippen LogP contribution is -2.41. The van der Waals surface area contributed by atoms with Crippen LogP contribution in [0.25, 0.3) is 0 Å². The van der Waals surface area contributed by atoms with Crippen molar-refractivity contribution in [2.45, 2.75) is 51.4 Å². The number of rotatable bonds is 4.